The maximum atomic E-state index is 13.2. The maximum absolute atomic E-state index is 13.2. The molecular formula is C23H30N4O2. The van der Waals surface area contributed by atoms with Gasteiger partial charge in [-0.3, -0.25) is 15.0 Å². The lowest BCUT2D eigenvalue weighted by Crippen LogP contribution is -2.35. The number of carbonyl (C=O) groups excluding carboxylic acids is 2. The van der Waals surface area contributed by atoms with Gasteiger partial charge in [0.1, 0.15) is 0 Å². The molecule has 0 radical (unpaired) electrons. The third-order valence-electron chi connectivity index (χ3n) is 5.29. The Balaban J connectivity index is 1.76. The number of aryl methyl sites for hydroxylation is 1. The van der Waals surface area contributed by atoms with Gasteiger partial charge in [0.15, 0.2) is 0 Å². The topological polar surface area (TPSA) is 73.5 Å². The second-order valence-electron chi connectivity index (χ2n) is 8.05. The molecule has 1 saturated heterocycles. The second kappa shape index (κ2) is 9.20. The van der Waals surface area contributed by atoms with Crippen LogP contribution < -0.4 is 16.2 Å². The molecule has 29 heavy (non-hydrogen) atoms. The molecule has 2 aromatic carbocycles. The lowest BCUT2D eigenvalue weighted by molar-refractivity contribution is -0.118. The number of hydrogen-bond donors (Lipinski definition) is 3. The summed E-state index contributed by atoms with van der Waals surface area (Å²) in [6.07, 6.45) is 0. The summed E-state index contributed by atoms with van der Waals surface area (Å²) in [7, 11) is 1.82. The van der Waals surface area contributed by atoms with Gasteiger partial charge >= 0.3 is 0 Å². The fourth-order valence-corrected chi connectivity index (χ4v) is 3.58. The molecule has 0 spiro atoms. The maximum Gasteiger partial charge on any atom is 0.255 e. The Morgan fingerprint density at radius 1 is 1.17 bits per heavy atom. The Kier molecular flexibility index (Phi) is 6.67. The van der Waals surface area contributed by atoms with Gasteiger partial charge in [-0.05, 0) is 24.6 Å². The zero-order valence-corrected chi connectivity index (χ0v) is 17.5. The molecule has 0 aromatic heterocycles. The number of carbonyl (C=O) groups is 2. The molecule has 0 saturated carbocycles. The number of nitrogens with zero attached hydrogens (tertiary/aromatic N) is 1. The van der Waals surface area contributed by atoms with Crippen LogP contribution in [0.2, 0.25) is 0 Å². The van der Waals surface area contributed by atoms with Crippen LogP contribution in [0.25, 0.3) is 0 Å². The largest absolute Gasteiger partial charge is 0.341 e. The molecule has 3 rings (SSSR count). The first-order valence-electron chi connectivity index (χ1n) is 10.1. The summed E-state index contributed by atoms with van der Waals surface area (Å²) in [5, 5.41) is 2.89. The molecule has 1 aliphatic rings. The van der Waals surface area contributed by atoms with Crippen LogP contribution in [-0.4, -0.2) is 36.9 Å². The quantitative estimate of drug-likeness (QED) is 0.704. The van der Waals surface area contributed by atoms with Crippen molar-refractivity contribution in [3.63, 3.8) is 0 Å². The van der Waals surface area contributed by atoms with Gasteiger partial charge in [-0.25, -0.2) is 5.43 Å². The normalized spacial score (nSPS) is 18.7. The minimum absolute atomic E-state index is 0.0912. The number of hydrazine groups is 1. The van der Waals surface area contributed by atoms with Gasteiger partial charge in [-0.2, -0.15) is 0 Å². The van der Waals surface area contributed by atoms with E-state index in [0.29, 0.717) is 17.8 Å². The molecule has 2 amide bonds. The van der Waals surface area contributed by atoms with E-state index in [1.165, 1.54) is 5.56 Å². The van der Waals surface area contributed by atoms with E-state index in [-0.39, 0.29) is 29.7 Å². The summed E-state index contributed by atoms with van der Waals surface area (Å²) in [6.45, 7) is 6.99. The van der Waals surface area contributed by atoms with E-state index < -0.39 is 0 Å². The zero-order chi connectivity index (χ0) is 21.0. The molecule has 6 heteroatoms. The van der Waals surface area contributed by atoms with Gasteiger partial charge in [0, 0.05) is 32.0 Å². The average Bonchev–Trinajstić information content (AvgIpc) is 3.17. The van der Waals surface area contributed by atoms with Crippen LogP contribution in [0.3, 0.4) is 0 Å². The van der Waals surface area contributed by atoms with Crippen LogP contribution in [0.15, 0.2) is 48.5 Å². The van der Waals surface area contributed by atoms with Crippen LogP contribution in [0.1, 0.15) is 41.4 Å². The highest BCUT2D eigenvalue weighted by Gasteiger charge is 2.30. The number of nitrogens with one attached hydrogen (secondary N) is 3. The van der Waals surface area contributed by atoms with E-state index in [4.69, 9.17) is 0 Å². The molecule has 0 aliphatic carbocycles. The summed E-state index contributed by atoms with van der Waals surface area (Å²) in [5.41, 5.74) is 9.81. The first kappa shape index (κ1) is 21.0. The van der Waals surface area contributed by atoms with Crippen molar-refractivity contribution in [2.45, 2.75) is 26.8 Å². The minimum Gasteiger partial charge on any atom is -0.341 e. The van der Waals surface area contributed by atoms with Gasteiger partial charge in [-0.1, -0.05) is 55.8 Å². The lowest BCUT2D eigenvalue weighted by Gasteiger charge is -2.26. The van der Waals surface area contributed by atoms with Crippen LogP contribution in [0.4, 0.5) is 5.69 Å². The van der Waals surface area contributed by atoms with E-state index in [2.05, 4.69) is 28.3 Å². The minimum atomic E-state index is -0.153. The van der Waals surface area contributed by atoms with Crippen molar-refractivity contribution in [1.82, 2.24) is 15.8 Å². The molecule has 3 N–H and O–H groups in total. The van der Waals surface area contributed by atoms with Crippen LogP contribution >= 0.6 is 0 Å². The zero-order valence-electron chi connectivity index (χ0n) is 17.5. The molecule has 2 atom stereocenters. The van der Waals surface area contributed by atoms with Gasteiger partial charge in [0.05, 0.1) is 17.3 Å². The second-order valence-corrected chi connectivity index (χ2v) is 8.05. The van der Waals surface area contributed by atoms with E-state index in [1.54, 1.807) is 4.90 Å². The van der Waals surface area contributed by atoms with Crippen LogP contribution in [0.5, 0.6) is 0 Å². The van der Waals surface area contributed by atoms with Crippen LogP contribution in [0, 0.1) is 18.8 Å². The third-order valence-corrected chi connectivity index (χ3v) is 5.29. The van der Waals surface area contributed by atoms with Gasteiger partial charge in [-0.15, -0.1) is 0 Å². The average molecular weight is 395 g/mol. The standard InChI is InChI=1S/C23H30N4O2/c1-15(2)22(28)25-20-11-10-16(3)12-19(20)23(29)27(4)14-18-13-24-26-21(18)17-8-6-5-7-9-17/h5-12,15,18,21,24,26H,13-14H2,1-4H3,(H,25,28). The van der Waals surface area contributed by atoms with Crippen molar-refractivity contribution in [2.24, 2.45) is 11.8 Å². The molecule has 154 valence electrons. The number of rotatable bonds is 6. The summed E-state index contributed by atoms with van der Waals surface area (Å²) in [6, 6.07) is 15.9. The molecule has 6 nitrogen and oxygen atoms in total. The Bertz CT molecular complexity index is 866. The summed E-state index contributed by atoms with van der Waals surface area (Å²) < 4.78 is 0. The Morgan fingerprint density at radius 2 is 1.90 bits per heavy atom. The smallest absolute Gasteiger partial charge is 0.255 e. The highest BCUT2D eigenvalue weighted by Crippen LogP contribution is 2.26. The number of amides is 2. The summed E-state index contributed by atoms with van der Waals surface area (Å²) in [4.78, 5) is 27.1. The fraction of sp³-hybridized carbons (Fsp3) is 0.391. The Morgan fingerprint density at radius 3 is 2.59 bits per heavy atom. The van der Waals surface area contributed by atoms with Gasteiger partial charge < -0.3 is 10.2 Å². The molecule has 1 fully saturated rings. The van der Waals surface area contributed by atoms with Gasteiger partial charge in [0.2, 0.25) is 5.91 Å². The first-order chi connectivity index (χ1) is 13.9. The summed E-state index contributed by atoms with van der Waals surface area (Å²) in [5.74, 6) is -0.102. The van der Waals surface area contributed by atoms with E-state index in [9.17, 15) is 9.59 Å². The number of benzene rings is 2. The molecular weight excluding hydrogens is 364 g/mol. The molecule has 1 aliphatic heterocycles. The van der Waals surface area contributed by atoms with Crippen molar-refractivity contribution < 1.29 is 9.59 Å². The first-order valence-corrected chi connectivity index (χ1v) is 10.1. The number of anilines is 1. The van der Waals surface area contributed by atoms with Gasteiger partial charge in [0.25, 0.3) is 5.91 Å². The fourth-order valence-electron chi connectivity index (χ4n) is 3.58. The Hall–Kier alpha value is -2.70. The molecule has 2 unspecified atom stereocenters. The highest BCUT2D eigenvalue weighted by molar-refractivity contribution is 6.04. The van der Waals surface area contributed by atoms with E-state index in [1.807, 2.05) is 64.2 Å². The van der Waals surface area contributed by atoms with E-state index in [0.717, 1.165) is 12.1 Å². The van der Waals surface area contributed by atoms with Crippen molar-refractivity contribution in [3.8, 4) is 0 Å². The van der Waals surface area contributed by atoms with Crippen molar-refractivity contribution in [2.75, 3.05) is 25.5 Å². The van der Waals surface area contributed by atoms with Crippen molar-refractivity contribution in [3.05, 3.63) is 65.2 Å². The Labute approximate surface area is 172 Å². The number of hydrogen-bond acceptors (Lipinski definition) is 4. The SMILES string of the molecule is Cc1ccc(NC(=O)C(C)C)c(C(=O)N(C)CC2CNNC2c2ccccc2)c1. The van der Waals surface area contributed by atoms with Crippen molar-refractivity contribution in [1.29, 1.82) is 0 Å². The predicted molar refractivity (Wildman–Crippen MR) is 115 cm³/mol. The molecule has 2 aromatic rings. The van der Waals surface area contributed by atoms with Crippen LogP contribution in [-0.2, 0) is 4.79 Å². The molecule has 1 heterocycles. The summed E-state index contributed by atoms with van der Waals surface area (Å²) >= 11 is 0. The highest BCUT2D eigenvalue weighted by atomic mass is 16.2. The van der Waals surface area contributed by atoms with Crippen molar-refractivity contribution >= 4 is 17.5 Å². The third kappa shape index (κ3) is 5.02. The monoisotopic (exact) mass is 394 g/mol. The van der Waals surface area contributed by atoms with E-state index >= 15 is 0 Å². The lowest BCUT2D eigenvalue weighted by atomic mass is 9.94. The predicted octanol–water partition coefficient (Wildman–Crippen LogP) is 3.13. The molecule has 0 bridgehead atoms.